The summed E-state index contributed by atoms with van der Waals surface area (Å²) in [4.78, 5) is 27.9. The molecule has 2 atom stereocenters. The van der Waals surface area contributed by atoms with Crippen LogP contribution < -0.4 is 14.8 Å². The summed E-state index contributed by atoms with van der Waals surface area (Å²) in [6.45, 7) is 6.14. The molecule has 0 bridgehead atoms. The number of likely N-dealkylation sites (tertiary alicyclic amines) is 1. The highest BCUT2D eigenvalue weighted by Crippen LogP contribution is 2.32. The van der Waals surface area contributed by atoms with Crippen molar-refractivity contribution in [2.24, 2.45) is 5.92 Å². The number of piperidine rings is 1. The van der Waals surface area contributed by atoms with Crippen LogP contribution in [0.5, 0.6) is 11.5 Å². The molecule has 2 aliphatic rings. The maximum absolute atomic E-state index is 13.1. The maximum atomic E-state index is 13.1. The lowest BCUT2D eigenvalue weighted by Gasteiger charge is -2.35. The second-order valence-electron chi connectivity index (χ2n) is 8.49. The first kappa shape index (κ1) is 22.3. The molecule has 0 radical (unpaired) electrons. The molecule has 1 amide bonds. The van der Waals surface area contributed by atoms with Gasteiger partial charge in [0.15, 0.2) is 17.3 Å². The Morgan fingerprint density at radius 1 is 1.00 bits per heavy atom. The van der Waals surface area contributed by atoms with Gasteiger partial charge in [0.25, 0.3) is 0 Å². The Balaban J connectivity index is 1.30. The third-order valence-electron chi connectivity index (χ3n) is 6.38. The minimum atomic E-state index is -0.303. The van der Waals surface area contributed by atoms with E-state index in [4.69, 9.17) is 9.47 Å². The Labute approximate surface area is 187 Å². The first-order chi connectivity index (χ1) is 15.4. The predicted octanol–water partition coefficient (Wildman–Crippen LogP) is 3.76. The molecule has 2 heterocycles. The molecule has 7 heteroatoms. The van der Waals surface area contributed by atoms with Crippen LogP contribution in [0.25, 0.3) is 0 Å². The maximum Gasteiger partial charge on any atom is 0.237 e. The normalized spacial score (nSPS) is 18.6. The molecule has 2 aliphatic heterocycles. The highest BCUT2D eigenvalue weighted by Gasteiger charge is 2.31. The molecule has 0 unspecified atom stereocenters. The Morgan fingerprint density at radius 2 is 1.66 bits per heavy atom. The van der Waals surface area contributed by atoms with Crippen LogP contribution in [0.2, 0.25) is 0 Å². The van der Waals surface area contributed by atoms with Crippen LogP contribution in [0.15, 0.2) is 42.5 Å². The van der Waals surface area contributed by atoms with Crippen LogP contribution in [0.4, 0.5) is 4.39 Å². The fourth-order valence-electron chi connectivity index (χ4n) is 4.32. The van der Waals surface area contributed by atoms with E-state index in [1.54, 1.807) is 30.3 Å². The summed E-state index contributed by atoms with van der Waals surface area (Å²) in [5.74, 6) is 0.982. The summed E-state index contributed by atoms with van der Waals surface area (Å²) in [5, 5.41) is 3.01. The van der Waals surface area contributed by atoms with E-state index in [1.807, 2.05) is 13.8 Å². The summed E-state index contributed by atoms with van der Waals surface area (Å²) in [6.07, 6.45) is 1.41. The number of carbonyl (C=O) groups excluding carboxylic acids is 2. The van der Waals surface area contributed by atoms with Crippen molar-refractivity contribution >= 4 is 11.7 Å². The van der Waals surface area contributed by atoms with Gasteiger partial charge in [0.1, 0.15) is 19.0 Å². The van der Waals surface area contributed by atoms with Gasteiger partial charge < -0.3 is 14.8 Å². The molecular weight excluding hydrogens is 411 g/mol. The molecule has 1 N–H and O–H groups in total. The number of Topliss-reactive ketones (excluding diaryl/α,β-unsaturated/α-hetero) is 1. The van der Waals surface area contributed by atoms with E-state index >= 15 is 0 Å². The van der Waals surface area contributed by atoms with Gasteiger partial charge in [0, 0.05) is 11.5 Å². The minimum absolute atomic E-state index is 0.0674. The number of rotatable bonds is 6. The van der Waals surface area contributed by atoms with E-state index in [2.05, 4.69) is 10.2 Å². The Hall–Kier alpha value is -2.93. The smallest absolute Gasteiger partial charge is 0.237 e. The van der Waals surface area contributed by atoms with Crippen LogP contribution in [0.3, 0.4) is 0 Å². The lowest BCUT2D eigenvalue weighted by atomic mass is 9.88. The van der Waals surface area contributed by atoms with Gasteiger partial charge in [-0.3, -0.25) is 14.5 Å². The molecule has 1 saturated heterocycles. The summed E-state index contributed by atoms with van der Waals surface area (Å²) in [7, 11) is 0. The first-order valence-corrected chi connectivity index (χ1v) is 11.2. The molecule has 1 fully saturated rings. The van der Waals surface area contributed by atoms with Gasteiger partial charge in [0.05, 0.1) is 12.1 Å². The number of halogens is 1. The number of amides is 1. The van der Waals surface area contributed by atoms with E-state index < -0.39 is 0 Å². The zero-order valence-corrected chi connectivity index (χ0v) is 18.5. The van der Waals surface area contributed by atoms with Crippen molar-refractivity contribution in [2.75, 3.05) is 26.3 Å². The monoisotopic (exact) mass is 440 g/mol. The predicted molar refractivity (Wildman–Crippen MR) is 118 cm³/mol. The third-order valence-corrected chi connectivity index (χ3v) is 6.38. The highest BCUT2D eigenvalue weighted by molar-refractivity contribution is 5.98. The van der Waals surface area contributed by atoms with Crippen LogP contribution in [-0.4, -0.2) is 48.9 Å². The second-order valence-corrected chi connectivity index (χ2v) is 8.49. The van der Waals surface area contributed by atoms with Gasteiger partial charge in [0.2, 0.25) is 5.91 Å². The molecule has 4 rings (SSSR count). The molecule has 170 valence electrons. The number of nitrogens with zero attached hydrogens (tertiary/aromatic N) is 1. The quantitative estimate of drug-likeness (QED) is 0.693. The SMILES string of the molecule is C[C@H](C(=O)N[C@H](C)c1ccc(F)cc1)N1CCC(C(=O)c2ccc3c(c2)OCCO3)CC1. The van der Waals surface area contributed by atoms with Crippen LogP contribution >= 0.6 is 0 Å². The van der Waals surface area contributed by atoms with Gasteiger partial charge >= 0.3 is 0 Å². The number of fused-ring (bicyclic) bond motifs is 1. The van der Waals surface area contributed by atoms with Crippen molar-refractivity contribution in [3.05, 3.63) is 59.4 Å². The molecule has 0 saturated carbocycles. The minimum Gasteiger partial charge on any atom is -0.486 e. The summed E-state index contributed by atoms with van der Waals surface area (Å²) in [5.41, 5.74) is 1.50. The Morgan fingerprint density at radius 3 is 2.34 bits per heavy atom. The number of carbonyl (C=O) groups is 2. The summed E-state index contributed by atoms with van der Waals surface area (Å²) < 4.78 is 24.3. The number of ether oxygens (including phenoxy) is 2. The average molecular weight is 441 g/mol. The van der Waals surface area contributed by atoms with Crippen molar-refractivity contribution in [1.82, 2.24) is 10.2 Å². The molecule has 6 nitrogen and oxygen atoms in total. The third kappa shape index (κ3) is 4.93. The standard InChI is InChI=1S/C25H29FN2O4/c1-16(18-3-6-21(26)7-4-18)27-25(30)17(2)28-11-9-19(10-12-28)24(29)20-5-8-22-23(15-20)32-14-13-31-22/h3-8,15-17,19H,9-14H2,1-2H3,(H,27,30)/t16-,17-/m1/s1. The molecule has 2 aromatic carbocycles. The van der Waals surface area contributed by atoms with Gasteiger partial charge in [-0.05, 0) is 75.7 Å². The molecule has 2 aromatic rings. The zero-order chi connectivity index (χ0) is 22.7. The van der Waals surface area contributed by atoms with Crippen LogP contribution in [-0.2, 0) is 4.79 Å². The van der Waals surface area contributed by atoms with Crippen molar-refractivity contribution in [2.45, 2.75) is 38.8 Å². The molecule has 0 spiro atoms. The van der Waals surface area contributed by atoms with E-state index in [1.165, 1.54) is 12.1 Å². The second kappa shape index (κ2) is 9.69. The lowest BCUT2D eigenvalue weighted by molar-refractivity contribution is -0.127. The number of ketones is 1. The number of hydrogen-bond acceptors (Lipinski definition) is 5. The van der Waals surface area contributed by atoms with E-state index in [0.29, 0.717) is 56.2 Å². The van der Waals surface area contributed by atoms with Gasteiger partial charge in [-0.15, -0.1) is 0 Å². The molecule has 0 aromatic heterocycles. The Kier molecular flexibility index (Phi) is 6.74. The number of nitrogens with one attached hydrogen (secondary N) is 1. The summed E-state index contributed by atoms with van der Waals surface area (Å²) >= 11 is 0. The van der Waals surface area contributed by atoms with Crippen LogP contribution in [0, 0.1) is 11.7 Å². The topological polar surface area (TPSA) is 67.9 Å². The fourth-order valence-corrected chi connectivity index (χ4v) is 4.32. The van der Waals surface area contributed by atoms with Gasteiger partial charge in [-0.1, -0.05) is 12.1 Å². The van der Waals surface area contributed by atoms with E-state index in [0.717, 1.165) is 5.56 Å². The van der Waals surface area contributed by atoms with Crippen molar-refractivity contribution in [3.63, 3.8) is 0 Å². The zero-order valence-electron chi connectivity index (χ0n) is 18.5. The number of benzene rings is 2. The van der Waals surface area contributed by atoms with Crippen molar-refractivity contribution < 1.29 is 23.5 Å². The Bertz CT molecular complexity index is 970. The van der Waals surface area contributed by atoms with Crippen LogP contribution in [0.1, 0.15) is 48.7 Å². The van der Waals surface area contributed by atoms with Crippen molar-refractivity contribution in [1.29, 1.82) is 0 Å². The fraction of sp³-hybridized carbons (Fsp3) is 0.440. The molecule has 32 heavy (non-hydrogen) atoms. The lowest BCUT2D eigenvalue weighted by Crippen LogP contribution is -2.49. The average Bonchev–Trinajstić information content (AvgIpc) is 2.83. The van der Waals surface area contributed by atoms with Crippen molar-refractivity contribution in [3.8, 4) is 11.5 Å². The highest BCUT2D eigenvalue weighted by atomic mass is 19.1. The van der Waals surface area contributed by atoms with Gasteiger partial charge in [-0.25, -0.2) is 4.39 Å². The van der Waals surface area contributed by atoms with Gasteiger partial charge in [-0.2, -0.15) is 0 Å². The first-order valence-electron chi connectivity index (χ1n) is 11.2. The number of hydrogen-bond donors (Lipinski definition) is 1. The van der Waals surface area contributed by atoms with E-state index in [9.17, 15) is 14.0 Å². The van der Waals surface area contributed by atoms with E-state index in [-0.39, 0.29) is 35.5 Å². The summed E-state index contributed by atoms with van der Waals surface area (Å²) in [6, 6.07) is 11.0. The molecule has 0 aliphatic carbocycles. The largest absolute Gasteiger partial charge is 0.486 e. The molecular formula is C25H29FN2O4.